The van der Waals surface area contributed by atoms with E-state index in [2.05, 4.69) is 117 Å². The van der Waals surface area contributed by atoms with E-state index in [0.717, 1.165) is 12.0 Å². The number of hydrogen-bond acceptors (Lipinski definition) is 2. The first-order valence-electron chi connectivity index (χ1n) is 11.7. The van der Waals surface area contributed by atoms with E-state index in [-0.39, 0.29) is 11.2 Å². The zero-order valence-electron chi connectivity index (χ0n) is 19.6. The minimum Gasteiger partial charge on any atom is -0.399 e. The molecule has 4 aromatic carbocycles. The van der Waals surface area contributed by atoms with Gasteiger partial charge in [-0.1, -0.05) is 72.8 Å². The van der Waals surface area contributed by atoms with Crippen molar-refractivity contribution in [2.24, 2.45) is 0 Å². The van der Waals surface area contributed by atoms with E-state index in [1.54, 1.807) is 0 Å². The van der Waals surface area contributed by atoms with E-state index >= 15 is 0 Å². The third kappa shape index (κ3) is 3.12. The number of aromatic nitrogens is 1. The van der Waals surface area contributed by atoms with Gasteiger partial charge >= 0.3 is 7.12 Å². The summed E-state index contributed by atoms with van der Waals surface area (Å²) in [6.07, 6.45) is 0. The lowest BCUT2D eigenvalue weighted by atomic mass is 9.75. The van der Waals surface area contributed by atoms with Crippen LogP contribution < -0.4 is 5.46 Å². The Kier molecular flexibility index (Phi) is 4.49. The molecule has 0 radical (unpaired) electrons. The quantitative estimate of drug-likeness (QED) is 0.312. The van der Waals surface area contributed by atoms with Crippen LogP contribution in [0.1, 0.15) is 33.3 Å². The largest absolute Gasteiger partial charge is 0.495 e. The molecule has 164 valence electrons. The smallest absolute Gasteiger partial charge is 0.399 e. The Morgan fingerprint density at radius 3 is 1.94 bits per heavy atom. The van der Waals surface area contributed by atoms with E-state index in [1.165, 1.54) is 38.1 Å². The van der Waals surface area contributed by atoms with Crippen molar-refractivity contribution in [3.05, 3.63) is 90.5 Å². The van der Waals surface area contributed by atoms with Crippen molar-refractivity contribution in [3.63, 3.8) is 0 Å². The number of nitrogens with zero attached hydrogens (tertiary/aromatic N) is 1. The van der Waals surface area contributed by atoms with Crippen LogP contribution in [0.25, 0.3) is 32.6 Å². The number of fused-ring (bicyclic) bond motifs is 5. The predicted molar refractivity (Wildman–Crippen MR) is 138 cm³/mol. The summed E-state index contributed by atoms with van der Waals surface area (Å²) in [5.74, 6) is 0. The second kappa shape index (κ2) is 7.21. The van der Waals surface area contributed by atoms with Gasteiger partial charge in [0.05, 0.1) is 11.2 Å². The van der Waals surface area contributed by atoms with Crippen molar-refractivity contribution >= 4 is 45.2 Å². The van der Waals surface area contributed by atoms with Gasteiger partial charge in [0.25, 0.3) is 0 Å². The average Bonchev–Trinajstić information content (AvgIpc) is 3.23. The maximum absolute atomic E-state index is 6.51. The Labute approximate surface area is 195 Å². The zero-order valence-corrected chi connectivity index (χ0v) is 19.6. The third-order valence-electron chi connectivity index (χ3n) is 7.50. The highest BCUT2D eigenvalue weighted by Crippen LogP contribution is 2.39. The zero-order chi connectivity index (χ0) is 22.8. The lowest BCUT2D eigenvalue weighted by molar-refractivity contribution is 0.00578. The van der Waals surface area contributed by atoms with Crippen LogP contribution in [-0.2, 0) is 15.9 Å². The van der Waals surface area contributed by atoms with Crippen molar-refractivity contribution in [3.8, 4) is 0 Å². The second-order valence-corrected chi connectivity index (χ2v) is 10.1. The molecule has 1 aliphatic rings. The lowest BCUT2D eigenvalue weighted by Gasteiger charge is -2.32. The summed E-state index contributed by atoms with van der Waals surface area (Å²) in [4.78, 5) is 0. The fourth-order valence-corrected chi connectivity index (χ4v) is 5.04. The molecule has 0 bridgehead atoms. The molecule has 0 saturated carbocycles. The molecule has 0 amide bonds. The summed E-state index contributed by atoms with van der Waals surface area (Å²) in [5, 5.41) is 4.99. The molecule has 1 saturated heterocycles. The number of benzene rings is 4. The van der Waals surface area contributed by atoms with Crippen molar-refractivity contribution < 1.29 is 9.31 Å². The lowest BCUT2D eigenvalue weighted by Crippen LogP contribution is -2.41. The standard InChI is InChI=1S/C29H28BNO2/c1-28(2)29(3,4)33-30(32-28)24-18-26-27(22-15-9-8-14-21(22)24)23-16-10-11-17-25(23)31(26)19-20-12-6-5-7-13-20/h5-18H,19H2,1-4H3. The normalized spacial score (nSPS) is 17.4. The Morgan fingerprint density at radius 1 is 0.667 bits per heavy atom. The van der Waals surface area contributed by atoms with Gasteiger partial charge in [0, 0.05) is 28.4 Å². The highest BCUT2D eigenvalue weighted by atomic mass is 16.7. The van der Waals surface area contributed by atoms with Crippen LogP contribution in [-0.4, -0.2) is 22.9 Å². The number of rotatable bonds is 3. The molecular weight excluding hydrogens is 405 g/mol. The first-order valence-corrected chi connectivity index (χ1v) is 11.7. The highest BCUT2D eigenvalue weighted by Gasteiger charge is 2.52. The van der Waals surface area contributed by atoms with Crippen LogP contribution in [0.15, 0.2) is 84.9 Å². The number of para-hydroxylation sites is 1. The van der Waals surface area contributed by atoms with Gasteiger partial charge in [0.15, 0.2) is 0 Å². The van der Waals surface area contributed by atoms with Gasteiger partial charge < -0.3 is 13.9 Å². The minimum atomic E-state index is -0.410. The van der Waals surface area contributed by atoms with Crippen molar-refractivity contribution in [2.75, 3.05) is 0 Å². The fourth-order valence-electron chi connectivity index (χ4n) is 5.04. The summed E-state index contributed by atoms with van der Waals surface area (Å²) >= 11 is 0. The Bertz CT molecular complexity index is 1480. The van der Waals surface area contributed by atoms with Gasteiger partial charge in [-0.2, -0.15) is 0 Å². The SMILES string of the molecule is CC1(C)OB(c2cc3c(c4ccccc24)c2ccccc2n3Cc2ccccc2)OC1(C)C. The summed E-state index contributed by atoms with van der Waals surface area (Å²) in [7, 11) is -0.410. The van der Waals surface area contributed by atoms with Crippen LogP contribution in [0.4, 0.5) is 0 Å². The van der Waals surface area contributed by atoms with Crippen molar-refractivity contribution in [2.45, 2.75) is 45.4 Å². The van der Waals surface area contributed by atoms with E-state index in [1.807, 2.05) is 0 Å². The minimum absolute atomic E-state index is 0.384. The van der Waals surface area contributed by atoms with Gasteiger partial charge in [0.2, 0.25) is 0 Å². The Morgan fingerprint density at radius 2 is 1.24 bits per heavy atom. The van der Waals surface area contributed by atoms with E-state index in [4.69, 9.17) is 9.31 Å². The highest BCUT2D eigenvalue weighted by molar-refractivity contribution is 6.66. The first kappa shape index (κ1) is 20.5. The van der Waals surface area contributed by atoms with Crippen LogP contribution in [0, 0.1) is 0 Å². The molecule has 6 rings (SSSR count). The second-order valence-electron chi connectivity index (χ2n) is 10.1. The maximum Gasteiger partial charge on any atom is 0.495 e. The van der Waals surface area contributed by atoms with E-state index in [0.29, 0.717) is 0 Å². The average molecular weight is 433 g/mol. The molecule has 1 fully saturated rings. The fraction of sp³-hybridized carbons (Fsp3) is 0.241. The monoisotopic (exact) mass is 433 g/mol. The van der Waals surface area contributed by atoms with Gasteiger partial charge in [-0.3, -0.25) is 0 Å². The molecule has 5 aromatic rings. The summed E-state index contributed by atoms with van der Waals surface area (Å²) in [6, 6.07) is 30.3. The predicted octanol–water partition coefficient (Wildman–Crippen LogP) is 6.30. The molecule has 0 aliphatic carbocycles. The van der Waals surface area contributed by atoms with Crippen LogP contribution >= 0.6 is 0 Å². The molecule has 0 spiro atoms. The van der Waals surface area contributed by atoms with Gasteiger partial charge in [-0.05, 0) is 61.6 Å². The molecule has 1 aromatic heterocycles. The molecule has 2 heterocycles. The van der Waals surface area contributed by atoms with Crippen LogP contribution in [0.3, 0.4) is 0 Å². The third-order valence-corrected chi connectivity index (χ3v) is 7.50. The van der Waals surface area contributed by atoms with Gasteiger partial charge in [-0.25, -0.2) is 0 Å². The van der Waals surface area contributed by atoms with Crippen LogP contribution in [0.5, 0.6) is 0 Å². The molecule has 1 aliphatic heterocycles. The summed E-state index contributed by atoms with van der Waals surface area (Å²) in [6.45, 7) is 9.26. The Hall–Kier alpha value is -3.08. The van der Waals surface area contributed by atoms with Gasteiger partial charge in [0.1, 0.15) is 0 Å². The van der Waals surface area contributed by atoms with Crippen molar-refractivity contribution in [1.29, 1.82) is 0 Å². The summed E-state index contributed by atoms with van der Waals surface area (Å²) in [5.41, 5.74) is 4.06. The molecular formula is C29H28BNO2. The molecule has 0 atom stereocenters. The molecule has 0 unspecified atom stereocenters. The van der Waals surface area contributed by atoms with Crippen LogP contribution in [0.2, 0.25) is 0 Å². The van der Waals surface area contributed by atoms with Gasteiger partial charge in [-0.15, -0.1) is 0 Å². The first-order chi connectivity index (χ1) is 15.9. The Balaban J connectivity index is 1.66. The maximum atomic E-state index is 6.51. The molecule has 4 heteroatoms. The van der Waals surface area contributed by atoms with Crippen molar-refractivity contribution in [1.82, 2.24) is 4.57 Å². The number of hydrogen-bond donors (Lipinski definition) is 0. The topological polar surface area (TPSA) is 23.4 Å². The van der Waals surface area contributed by atoms with E-state index in [9.17, 15) is 0 Å². The van der Waals surface area contributed by atoms with E-state index < -0.39 is 7.12 Å². The molecule has 3 nitrogen and oxygen atoms in total. The molecule has 33 heavy (non-hydrogen) atoms. The molecule has 0 N–H and O–H groups in total. The summed E-state index contributed by atoms with van der Waals surface area (Å²) < 4.78 is 15.4.